The molecule has 1 aliphatic heterocycles. The highest BCUT2D eigenvalue weighted by Crippen LogP contribution is 2.23. The zero-order valence-electron chi connectivity index (χ0n) is 11.5. The summed E-state index contributed by atoms with van der Waals surface area (Å²) >= 11 is 9.44. The third kappa shape index (κ3) is 5.07. The second-order valence-electron chi connectivity index (χ2n) is 5.45. The minimum Gasteiger partial charge on any atom is -0.311 e. The Morgan fingerprint density at radius 3 is 2.79 bits per heavy atom. The van der Waals surface area contributed by atoms with Crippen LogP contribution in [0, 0.1) is 5.92 Å². The van der Waals surface area contributed by atoms with Gasteiger partial charge in [-0.1, -0.05) is 24.6 Å². The molecular weight excluding hydrogens is 324 g/mol. The van der Waals surface area contributed by atoms with Crippen molar-refractivity contribution < 1.29 is 0 Å². The lowest BCUT2D eigenvalue weighted by Crippen LogP contribution is -2.37. The molecule has 1 aromatic rings. The van der Waals surface area contributed by atoms with Crippen molar-refractivity contribution in [2.24, 2.45) is 5.92 Å². The van der Waals surface area contributed by atoms with Crippen LogP contribution in [0.5, 0.6) is 0 Å². The molecule has 2 rings (SSSR count). The second-order valence-corrected chi connectivity index (χ2v) is 6.71. The maximum atomic E-state index is 5.98. The zero-order chi connectivity index (χ0) is 13.7. The van der Waals surface area contributed by atoms with Crippen molar-refractivity contribution in [2.45, 2.75) is 26.3 Å². The van der Waals surface area contributed by atoms with Gasteiger partial charge in [-0.25, -0.2) is 0 Å². The van der Waals surface area contributed by atoms with Gasteiger partial charge in [0.2, 0.25) is 0 Å². The van der Waals surface area contributed by atoms with Crippen LogP contribution in [0.2, 0.25) is 5.02 Å². The first-order chi connectivity index (χ1) is 9.15. The molecule has 4 heteroatoms. The fourth-order valence-corrected chi connectivity index (χ4v) is 2.95. The summed E-state index contributed by atoms with van der Waals surface area (Å²) in [6.45, 7) is 7.98. The Hall–Kier alpha value is -0.0900. The second kappa shape index (κ2) is 7.63. The molecule has 0 atom stereocenters. The predicted molar refractivity (Wildman–Crippen MR) is 85.7 cm³/mol. The van der Waals surface area contributed by atoms with E-state index in [1.165, 1.54) is 31.5 Å². The first kappa shape index (κ1) is 15.3. The molecule has 1 N–H and O–H groups in total. The summed E-state index contributed by atoms with van der Waals surface area (Å²) in [5, 5.41) is 4.27. The Kier molecular flexibility index (Phi) is 6.14. The summed E-state index contributed by atoms with van der Waals surface area (Å²) < 4.78 is 0.971. The van der Waals surface area contributed by atoms with Crippen LogP contribution in [0.4, 0.5) is 0 Å². The summed E-state index contributed by atoms with van der Waals surface area (Å²) in [7, 11) is 0. The van der Waals surface area contributed by atoms with Crippen molar-refractivity contribution >= 4 is 27.5 Å². The third-order valence-electron chi connectivity index (χ3n) is 3.79. The van der Waals surface area contributed by atoms with Crippen LogP contribution in [0.15, 0.2) is 22.7 Å². The fourth-order valence-electron chi connectivity index (χ4n) is 2.41. The Balaban J connectivity index is 1.65. The zero-order valence-corrected chi connectivity index (χ0v) is 13.8. The highest BCUT2D eigenvalue weighted by atomic mass is 79.9. The largest absolute Gasteiger partial charge is 0.311 e. The number of halogens is 2. The Morgan fingerprint density at radius 1 is 1.37 bits per heavy atom. The van der Waals surface area contributed by atoms with E-state index in [1.807, 2.05) is 6.07 Å². The molecule has 1 fully saturated rings. The van der Waals surface area contributed by atoms with Crippen LogP contribution in [0.25, 0.3) is 0 Å². The third-order valence-corrected chi connectivity index (χ3v) is 5.01. The van der Waals surface area contributed by atoms with Crippen LogP contribution in [0.1, 0.15) is 25.3 Å². The minimum absolute atomic E-state index is 0.770. The molecule has 1 heterocycles. The van der Waals surface area contributed by atoms with Gasteiger partial charge in [0.15, 0.2) is 0 Å². The van der Waals surface area contributed by atoms with E-state index in [-0.39, 0.29) is 0 Å². The van der Waals surface area contributed by atoms with Gasteiger partial charge in [0, 0.05) is 24.1 Å². The maximum Gasteiger partial charge on any atom is 0.0548 e. The average Bonchev–Trinajstić information content (AvgIpc) is 2.41. The molecule has 2 nitrogen and oxygen atoms in total. The van der Waals surface area contributed by atoms with Crippen molar-refractivity contribution in [3.63, 3.8) is 0 Å². The lowest BCUT2D eigenvalue weighted by molar-refractivity contribution is 0.193. The van der Waals surface area contributed by atoms with E-state index in [2.05, 4.69) is 45.2 Å². The van der Waals surface area contributed by atoms with Crippen LogP contribution < -0.4 is 5.32 Å². The van der Waals surface area contributed by atoms with Crippen molar-refractivity contribution in [3.8, 4) is 0 Å². The molecule has 19 heavy (non-hydrogen) atoms. The lowest BCUT2D eigenvalue weighted by atomic mass is 9.99. The summed E-state index contributed by atoms with van der Waals surface area (Å²) in [4.78, 5) is 2.56. The first-order valence-electron chi connectivity index (χ1n) is 7.02. The van der Waals surface area contributed by atoms with E-state index in [0.717, 1.165) is 35.0 Å². The van der Waals surface area contributed by atoms with Gasteiger partial charge in [-0.05, 0) is 65.5 Å². The summed E-state index contributed by atoms with van der Waals surface area (Å²) in [6.07, 6.45) is 2.70. The van der Waals surface area contributed by atoms with Gasteiger partial charge < -0.3 is 10.2 Å². The number of nitrogens with one attached hydrogen (secondary N) is 1. The number of hydrogen-bond donors (Lipinski definition) is 1. The number of benzene rings is 1. The number of nitrogens with zero attached hydrogens (tertiary/aromatic N) is 1. The van der Waals surface area contributed by atoms with Gasteiger partial charge in [-0.3, -0.25) is 0 Å². The van der Waals surface area contributed by atoms with Crippen molar-refractivity contribution in [2.75, 3.05) is 26.2 Å². The average molecular weight is 346 g/mol. The molecule has 0 amide bonds. The van der Waals surface area contributed by atoms with Crippen LogP contribution in [-0.4, -0.2) is 31.1 Å². The van der Waals surface area contributed by atoms with Gasteiger partial charge in [0.25, 0.3) is 0 Å². The fraction of sp³-hybridized carbons (Fsp3) is 0.600. The molecule has 0 spiro atoms. The van der Waals surface area contributed by atoms with E-state index in [0.29, 0.717) is 0 Å². The van der Waals surface area contributed by atoms with E-state index in [9.17, 15) is 0 Å². The molecule has 1 saturated heterocycles. The molecule has 1 aromatic carbocycles. The highest BCUT2D eigenvalue weighted by molar-refractivity contribution is 9.10. The van der Waals surface area contributed by atoms with Crippen molar-refractivity contribution in [1.82, 2.24) is 10.2 Å². The van der Waals surface area contributed by atoms with E-state index >= 15 is 0 Å². The van der Waals surface area contributed by atoms with Gasteiger partial charge in [-0.2, -0.15) is 0 Å². The lowest BCUT2D eigenvalue weighted by Gasteiger charge is -2.30. The first-order valence-corrected chi connectivity index (χ1v) is 8.19. The number of hydrogen-bond acceptors (Lipinski definition) is 2. The monoisotopic (exact) mass is 344 g/mol. The number of likely N-dealkylation sites (tertiary alicyclic amines) is 1. The van der Waals surface area contributed by atoms with E-state index in [4.69, 9.17) is 11.6 Å². The predicted octanol–water partition coefficient (Wildman–Crippen LogP) is 3.92. The van der Waals surface area contributed by atoms with Crippen LogP contribution >= 0.6 is 27.5 Å². The molecule has 1 aliphatic rings. The van der Waals surface area contributed by atoms with Crippen molar-refractivity contribution in [3.05, 3.63) is 33.3 Å². The highest BCUT2D eigenvalue weighted by Gasteiger charge is 2.14. The van der Waals surface area contributed by atoms with Gasteiger partial charge in [0.1, 0.15) is 0 Å². The van der Waals surface area contributed by atoms with Crippen LogP contribution in [0.3, 0.4) is 0 Å². The topological polar surface area (TPSA) is 15.3 Å². The van der Waals surface area contributed by atoms with Gasteiger partial charge in [-0.15, -0.1) is 0 Å². The molecule has 0 radical (unpaired) electrons. The smallest absolute Gasteiger partial charge is 0.0548 e. The molecule has 0 aromatic heterocycles. The normalized spacial score (nSPS) is 17.8. The summed E-state index contributed by atoms with van der Waals surface area (Å²) in [6, 6.07) is 6.09. The summed E-state index contributed by atoms with van der Waals surface area (Å²) in [5.41, 5.74) is 1.27. The minimum atomic E-state index is 0.770. The molecule has 0 bridgehead atoms. The number of piperidine rings is 1. The molecule has 0 saturated carbocycles. The number of rotatable bonds is 5. The Labute approximate surface area is 129 Å². The molecular formula is C15H22BrClN2. The molecule has 0 aliphatic carbocycles. The Morgan fingerprint density at radius 2 is 2.11 bits per heavy atom. The van der Waals surface area contributed by atoms with Crippen LogP contribution in [-0.2, 0) is 6.54 Å². The Bertz CT molecular complexity index is 403. The van der Waals surface area contributed by atoms with Crippen molar-refractivity contribution in [1.29, 1.82) is 0 Å². The van der Waals surface area contributed by atoms with Gasteiger partial charge in [0.05, 0.1) is 5.02 Å². The van der Waals surface area contributed by atoms with E-state index in [1.54, 1.807) is 0 Å². The van der Waals surface area contributed by atoms with E-state index < -0.39 is 0 Å². The molecule has 106 valence electrons. The maximum absolute atomic E-state index is 5.98. The SMILES string of the molecule is CC1CCN(CCNCc2ccc(Cl)c(Br)c2)CC1. The standard InChI is InChI=1S/C15H22BrClN2/c1-12-4-7-19(8-5-12)9-6-18-11-13-2-3-15(17)14(16)10-13/h2-3,10,12,18H,4-9,11H2,1H3. The summed E-state index contributed by atoms with van der Waals surface area (Å²) in [5.74, 6) is 0.913. The quantitative estimate of drug-likeness (QED) is 0.814. The van der Waals surface area contributed by atoms with Gasteiger partial charge >= 0.3 is 0 Å². The molecule has 0 unspecified atom stereocenters.